The lowest BCUT2D eigenvalue weighted by Crippen LogP contribution is -2.40. The molecule has 0 aliphatic carbocycles. The number of piperidine rings is 1. The minimum Gasteiger partial charge on any atom is -0.423 e. The maximum Gasteiger partial charge on any atom is 0.298 e. The van der Waals surface area contributed by atoms with Crippen molar-refractivity contribution in [3.05, 3.63) is 28.3 Å². The summed E-state index contributed by atoms with van der Waals surface area (Å²) in [5.74, 6) is 0.615. The van der Waals surface area contributed by atoms with Crippen molar-refractivity contribution in [2.45, 2.75) is 18.9 Å². The lowest BCUT2D eigenvalue weighted by molar-refractivity contribution is -0.383. The van der Waals surface area contributed by atoms with Gasteiger partial charge in [0.2, 0.25) is 0 Å². The van der Waals surface area contributed by atoms with E-state index in [9.17, 15) is 10.1 Å². The normalized spacial score (nSPS) is 25.2. The first kappa shape index (κ1) is 12.6. The second-order valence-electron chi connectivity index (χ2n) is 5.75. The molecule has 2 aliphatic heterocycles. The van der Waals surface area contributed by atoms with E-state index in [0.29, 0.717) is 29.1 Å². The Morgan fingerprint density at radius 1 is 1.43 bits per heavy atom. The Morgan fingerprint density at radius 3 is 3.14 bits per heavy atom. The number of benzene rings is 1. The van der Waals surface area contributed by atoms with Crippen molar-refractivity contribution in [1.82, 2.24) is 10.3 Å². The molecule has 2 fully saturated rings. The molecule has 4 rings (SSSR count). The number of nitrogens with zero attached hydrogens (tertiary/aromatic N) is 3. The second kappa shape index (κ2) is 4.70. The van der Waals surface area contributed by atoms with Gasteiger partial charge in [-0.3, -0.25) is 10.1 Å². The lowest BCUT2D eigenvalue weighted by atomic mass is 9.94. The Kier molecular flexibility index (Phi) is 2.81. The third kappa shape index (κ3) is 2.04. The van der Waals surface area contributed by atoms with Gasteiger partial charge in [-0.25, -0.2) is 0 Å². The Labute approximate surface area is 121 Å². The van der Waals surface area contributed by atoms with E-state index in [-0.39, 0.29) is 5.69 Å². The van der Waals surface area contributed by atoms with Crippen molar-refractivity contribution in [2.75, 3.05) is 24.5 Å². The zero-order valence-electron chi connectivity index (χ0n) is 11.5. The number of hydrogen-bond acceptors (Lipinski definition) is 6. The minimum absolute atomic E-state index is 0.00256. The van der Waals surface area contributed by atoms with Crippen LogP contribution in [0.1, 0.15) is 12.8 Å². The Hall–Kier alpha value is -2.15. The summed E-state index contributed by atoms with van der Waals surface area (Å²) < 4.78 is 5.73. The number of nitro groups is 1. The van der Waals surface area contributed by atoms with Crippen LogP contribution < -0.4 is 10.2 Å². The van der Waals surface area contributed by atoms with Gasteiger partial charge in [0.25, 0.3) is 11.7 Å². The molecule has 7 nitrogen and oxygen atoms in total. The van der Waals surface area contributed by atoms with Gasteiger partial charge in [0.15, 0.2) is 11.1 Å². The predicted molar refractivity (Wildman–Crippen MR) is 77.4 cm³/mol. The topological polar surface area (TPSA) is 84.4 Å². The van der Waals surface area contributed by atoms with Gasteiger partial charge in [-0.1, -0.05) is 6.07 Å². The molecule has 2 aliphatic rings. The van der Waals surface area contributed by atoms with E-state index in [1.165, 1.54) is 18.9 Å². The molecule has 1 aromatic carbocycles. The van der Waals surface area contributed by atoms with Gasteiger partial charge in [-0.15, -0.1) is 0 Å². The number of aromatic nitrogens is 1. The fourth-order valence-corrected chi connectivity index (χ4v) is 3.41. The summed E-state index contributed by atoms with van der Waals surface area (Å²) in [7, 11) is 0. The maximum atomic E-state index is 11.1. The molecule has 0 radical (unpaired) electrons. The molecule has 0 spiro atoms. The summed E-state index contributed by atoms with van der Waals surface area (Å²) >= 11 is 0. The standard InChI is InChI=1S/C14H16N4O3/c19-18(20)11-4-1-5-12-13(11)16-14(21-12)17-7-9-3-2-6-15-10(9)8-17/h1,4-5,9-10,15H,2-3,6-8H2. The van der Waals surface area contributed by atoms with E-state index < -0.39 is 4.92 Å². The average molecular weight is 288 g/mol. The van der Waals surface area contributed by atoms with Gasteiger partial charge < -0.3 is 14.6 Å². The SMILES string of the molecule is O=[N+]([O-])c1cccc2oc(N3CC4CCCNC4C3)nc12. The molecular formula is C14H16N4O3. The van der Waals surface area contributed by atoms with Crippen molar-refractivity contribution in [3.8, 4) is 0 Å². The summed E-state index contributed by atoms with van der Waals surface area (Å²) in [5, 5.41) is 14.6. The second-order valence-corrected chi connectivity index (χ2v) is 5.75. The number of nitrogens with one attached hydrogen (secondary N) is 1. The molecule has 2 unspecified atom stereocenters. The van der Waals surface area contributed by atoms with E-state index in [1.807, 2.05) is 0 Å². The molecule has 3 heterocycles. The molecule has 7 heteroatoms. The molecule has 110 valence electrons. The summed E-state index contributed by atoms with van der Waals surface area (Å²) in [6.45, 7) is 2.82. The van der Waals surface area contributed by atoms with E-state index in [1.54, 1.807) is 12.1 Å². The first-order valence-corrected chi connectivity index (χ1v) is 7.24. The number of rotatable bonds is 2. The van der Waals surface area contributed by atoms with Crippen molar-refractivity contribution in [1.29, 1.82) is 0 Å². The number of non-ortho nitro benzene ring substituents is 1. The molecule has 2 saturated heterocycles. The molecule has 2 aromatic rings. The molecule has 2 atom stereocenters. The van der Waals surface area contributed by atoms with Crippen LogP contribution in [0.15, 0.2) is 22.6 Å². The number of fused-ring (bicyclic) bond motifs is 2. The molecular weight excluding hydrogens is 272 g/mol. The van der Waals surface area contributed by atoms with Crippen LogP contribution in [-0.4, -0.2) is 35.6 Å². The van der Waals surface area contributed by atoms with Crippen LogP contribution in [0.3, 0.4) is 0 Å². The number of hydrogen-bond donors (Lipinski definition) is 1. The number of oxazole rings is 1. The maximum absolute atomic E-state index is 11.1. The van der Waals surface area contributed by atoms with Crippen LogP contribution in [0.2, 0.25) is 0 Å². The Bertz CT molecular complexity index is 685. The zero-order chi connectivity index (χ0) is 14.4. The largest absolute Gasteiger partial charge is 0.423 e. The number of para-hydroxylation sites is 1. The summed E-state index contributed by atoms with van der Waals surface area (Å²) in [6.07, 6.45) is 2.42. The summed E-state index contributed by atoms with van der Waals surface area (Å²) in [5.41, 5.74) is 0.805. The highest BCUT2D eigenvalue weighted by Gasteiger charge is 2.36. The highest BCUT2D eigenvalue weighted by atomic mass is 16.6. The molecule has 1 aromatic heterocycles. The van der Waals surface area contributed by atoms with E-state index in [2.05, 4.69) is 15.2 Å². The highest BCUT2D eigenvalue weighted by Crippen LogP contribution is 2.33. The van der Waals surface area contributed by atoms with Crippen molar-refractivity contribution < 1.29 is 9.34 Å². The zero-order valence-corrected chi connectivity index (χ0v) is 11.5. The first-order chi connectivity index (χ1) is 10.2. The monoisotopic (exact) mass is 288 g/mol. The van der Waals surface area contributed by atoms with Crippen LogP contribution in [0.25, 0.3) is 11.1 Å². The van der Waals surface area contributed by atoms with Crippen LogP contribution in [-0.2, 0) is 0 Å². The third-order valence-electron chi connectivity index (χ3n) is 4.45. The fourth-order valence-electron chi connectivity index (χ4n) is 3.41. The smallest absolute Gasteiger partial charge is 0.298 e. The molecule has 21 heavy (non-hydrogen) atoms. The van der Waals surface area contributed by atoms with Gasteiger partial charge in [-0.2, -0.15) is 4.98 Å². The van der Waals surface area contributed by atoms with Crippen LogP contribution in [0, 0.1) is 16.0 Å². The number of anilines is 1. The first-order valence-electron chi connectivity index (χ1n) is 7.24. The van der Waals surface area contributed by atoms with Crippen LogP contribution in [0.5, 0.6) is 0 Å². The van der Waals surface area contributed by atoms with Gasteiger partial charge in [-0.05, 0) is 31.4 Å². The molecule has 0 bridgehead atoms. The van der Waals surface area contributed by atoms with E-state index in [0.717, 1.165) is 19.6 Å². The lowest BCUT2D eigenvalue weighted by Gasteiger charge is -2.24. The van der Waals surface area contributed by atoms with E-state index >= 15 is 0 Å². The third-order valence-corrected chi connectivity index (χ3v) is 4.45. The molecule has 0 amide bonds. The predicted octanol–water partition coefficient (Wildman–Crippen LogP) is 1.92. The highest BCUT2D eigenvalue weighted by molar-refractivity contribution is 5.84. The van der Waals surface area contributed by atoms with Gasteiger partial charge >= 0.3 is 0 Å². The Morgan fingerprint density at radius 2 is 2.33 bits per heavy atom. The van der Waals surface area contributed by atoms with Crippen molar-refractivity contribution >= 4 is 22.8 Å². The van der Waals surface area contributed by atoms with Gasteiger partial charge in [0.05, 0.1) is 4.92 Å². The minimum atomic E-state index is -0.417. The van der Waals surface area contributed by atoms with Crippen molar-refractivity contribution in [3.63, 3.8) is 0 Å². The average Bonchev–Trinajstić information content (AvgIpc) is 3.09. The van der Waals surface area contributed by atoms with E-state index in [4.69, 9.17) is 4.42 Å². The van der Waals surface area contributed by atoms with Crippen molar-refractivity contribution in [2.24, 2.45) is 5.92 Å². The fraction of sp³-hybridized carbons (Fsp3) is 0.500. The van der Waals surface area contributed by atoms with Crippen LogP contribution >= 0.6 is 0 Å². The number of nitro benzene ring substituents is 1. The van der Waals surface area contributed by atoms with Gasteiger partial charge in [0, 0.05) is 25.2 Å². The van der Waals surface area contributed by atoms with Crippen LogP contribution in [0.4, 0.5) is 11.7 Å². The Balaban J connectivity index is 1.68. The quantitative estimate of drug-likeness (QED) is 0.671. The molecule has 1 N–H and O–H groups in total. The van der Waals surface area contributed by atoms with Gasteiger partial charge in [0.1, 0.15) is 0 Å². The summed E-state index contributed by atoms with van der Waals surface area (Å²) in [4.78, 5) is 17.1. The summed E-state index contributed by atoms with van der Waals surface area (Å²) in [6, 6.07) is 5.78. The molecule has 0 saturated carbocycles.